The Morgan fingerprint density at radius 2 is 2.11 bits per heavy atom. The van der Waals surface area contributed by atoms with Gasteiger partial charge in [0.05, 0.1) is 11.6 Å². The van der Waals surface area contributed by atoms with Crippen molar-refractivity contribution in [3.63, 3.8) is 0 Å². The van der Waals surface area contributed by atoms with Crippen LogP contribution in [0.25, 0.3) is 0 Å². The van der Waals surface area contributed by atoms with Gasteiger partial charge in [-0.15, -0.1) is 0 Å². The number of aliphatic imine (C=N–C) groups is 1. The summed E-state index contributed by atoms with van der Waals surface area (Å²) in [6.45, 7) is 5.38. The van der Waals surface area contributed by atoms with Crippen molar-refractivity contribution in [2.45, 2.75) is 32.7 Å². The molecule has 0 radical (unpaired) electrons. The standard InChI is InChI=1S/C19H27ClN4O3/c1-3-22-19(24-6-4-13(5-7-24)10-17(25)21-2)23-11-14-8-15(20)18-16(9-14)26-12-27-18/h8-9,13H,3-7,10-12H2,1-2H3,(H,21,25)(H,22,23). The number of likely N-dealkylation sites (tertiary alicyclic amines) is 1. The minimum absolute atomic E-state index is 0.119. The zero-order valence-corrected chi connectivity index (χ0v) is 16.6. The number of nitrogens with zero attached hydrogens (tertiary/aromatic N) is 2. The molecule has 1 amide bonds. The summed E-state index contributed by atoms with van der Waals surface area (Å²) in [6, 6.07) is 3.80. The molecule has 0 spiro atoms. The first-order valence-corrected chi connectivity index (χ1v) is 9.80. The molecule has 0 saturated carbocycles. The van der Waals surface area contributed by atoms with Gasteiger partial charge in [0.25, 0.3) is 0 Å². The van der Waals surface area contributed by atoms with Crippen LogP contribution in [0.3, 0.4) is 0 Å². The summed E-state index contributed by atoms with van der Waals surface area (Å²) < 4.78 is 10.8. The zero-order chi connectivity index (χ0) is 19.2. The molecular weight excluding hydrogens is 368 g/mol. The lowest BCUT2D eigenvalue weighted by Crippen LogP contribution is -2.46. The van der Waals surface area contributed by atoms with Crippen LogP contribution in [0.2, 0.25) is 5.02 Å². The topological polar surface area (TPSA) is 75.2 Å². The first kappa shape index (κ1) is 19.6. The highest BCUT2D eigenvalue weighted by atomic mass is 35.5. The lowest BCUT2D eigenvalue weighted by molar-refractivity contribution is -0.121. The van der Waals surface area contributed by atoms with E-state index in [1.54, 1.807) is 7.05 Å². The molecule has 148 valence electrons. The molecule has 1 saturated heterocycles. The normalized spacial score (nSPS) is 17.1. The molecule has 3 rings (SSSR count). The number of halogens is 1. The quantitative estimate of drug-likeness (QED) is 0.592. The Morgan fingerprint density at radius 1 is 1.33 bits per heavy atom. The third-order valence-corrected chi connectivity index (χ3v) is 5.18. The number of benzene rings is 1. The number of hydrogen-bond donors (Lipinski definition) is 2. The predicted molar refractivity (Wildman–Crippen MR) is 105 cm³/mol. The summed E-state index contributed by atoms with van der Waals surface area (Å²) >= 11 is 6.26. The van der Waals surface area contributed by atoms with Crippen LogP contribution in [0, 0.1) is 5.92 Å². The fourth-order valence-corrected chi connectivity index (χ4v) is 3.71. The summed E-state index contributed by atoms with van der Waals surface area (Å²) in [5.74, 6) is 2.73. The van der Waals surface area contributed by atoms with Crippen molar-refractivity contribution in [3.05, 3.63) is 22.7 Å². The first-order chi connectivity index (χ1) is 13.1. The molecule has 2 N–H and O–H groups in total. The van der Waals surface area contributed by atoms with E-state index >= 15 is 0 Å². The third-order valence-electron chi connectivity index (χ3n) is 4.90. The van der Waals surface area contributed by atoms with E-state index < -0.39 is 0 Å². The minimum Gasteiger partial charge on any atom is -0.454 e. The maximum Gasteiger partial charge on any atom is 0.231 e. The highest BCUT2D eigenvalue weighted by molar-refractivity contribution is 6.32. The van der Waals surface area contributed by atoms with E-state index in [2.05, 4.69) is 22.5 Å². The second-order valence-corrected chi connectivity index (χ2v) is 7.20. The van der Waals surface area contributed by atoms with Crippen molar-refractivity contribution in [1.29, 1.82) is 0 Å². The van der Waals surface area contributed by atoms with E-state index in [9.17, 15) is 4.79 Å². The fraction of sp³-hybridized carbons (Fsp3) is 0.579. The summed E-state index contributed by atoms with van der Waals surface area (Å²) in [4.78, 5) is 18.6. The van der Waals surface area contributed by atoms with Gasteiger partial charge in [0.2, 0.25) is 12.7 Å². The second kappa shape index (κ2) is 9.17. The highest BCUT2D eigenvalue weighted by Crippen LogP contribution is 2.39. The van der Waals surface area contributed by atoms with Gasteiger partial charge in [0.15, 0.2) is 17.5 Å². The largest absolute Gasteiger partial charge is 0.454 e. The van der Waals surface area contributed by atoms with E-state index in [0.29, 0.717) is 35.4 Å². The number of carbonyl (C=O) groups is 1. The van der Waals surface area contributed by atoms with Crippen LogP contribution in [0.15, 0.2) is 17.1 Å². The van der Waals surface area contributed by atoms with Gasteiger partial charge in [0.1, 0.15) is 0 Å². The van der Waals surface area contributed by atoms with Crippen molar-refractivity contribution in [2.24, 2.45) is 10.9 Å². The second-order valence-electron chi connectivity index (χ2n) is 6.79. The number of ether oxygens (including phenoxy) is 2. The Labute approximate surface area is 165 Å². The summed E-state index contributed by atoms with van der Waals surface area (Å²) in [5.41, 5.74) is 0.981. The molecule has 0 aliphatic carbocycles. The number of nitrogens with one attached hydrogen (secondary N) is 2. The molecule has 0 atom stereocenters. The summed E-state index contributed by atoms with van der Waals surface area (Å²) in [5, 5.41) is 6.62. The Hall–Kier alpha value is -2.15. The van der Waals surface area contributed by atoms with Crippen LogP contribution in [-0.4, -0.2) is 50.2 Å². The van der Waals surface area contributed by atoms with Crippen molar-refractivity contribution in [2.75, 3.05) is 33.5 Å². The molecule has 0 aromatic heterocycles. The first-order valence-electron chi connectivity index (χ1n) is 9.42. The summed E-state index contributed by atoms with van der Waals surface area (Å²) in [7, 11) is 1.69. The average Bonchev–Trinajstić information content (AvgIpc) is 3.15. The highest BCUT2D eigenvalue weighted by Gasteiger charge is 2.23. The molecule has 1 fully saturated rings. The molecule has 2 aliphatic rings. The van der Waals surface area contributed by atoms with Crippen LogP contribution in [0.1, 0.15) is 31.7 Å². The van der Waals surface area contributed by atoms with Gasteiger partial charge in [-0.2, -0.15) is 0 Å². The lowest BCUT2D eigenvalue weighted by atomic mass is 9.93. The van der Waals surface area contributed by atoms with Crippen LogP contribution in [-0.2, 0) is 11.3 Å². The maximum atomic E-state index is 11.6. The van der Waals surface area contributed by atoms with Gasteiger partial charge in [-0.25, -0.2) is 4.99 Å². The number of carbonyl (C=O) groups excluding carboxylic acids is 1. The molecule has 27 heavy (non-hydrogen) atoms. The SMILES string of the molecule is CCNC(=NCc1cc(Cl)c2c(c1)OCO2)N1CCC(CC(=O)NC)CC1. The van der Waals surface area contributed by atoms with Crippen molar-refractivity contribution >= 4 is 23.5 Å². The van der Waals surface area contributed by atoms with E-state index in [-0.39, 0.29) is 12.7 Å². The number of hydrogen-bond acceptors (Lipinski definition) is 4. The van der Waals surface area contributed by atoms with E-state index in [1.807, 2.05) is 12.1 Å². The fourth-order valence-electron chi connectivity index (χ4n) is 3.42. The van der Waals surface area contributed by atoms with Crippen LogP contribution < -0.4 is 20.1 Å². The number of amides is 1. The van der Waals surface area contributed by atoms with Crippen molar-refractivity contribution in [3.8, 4) is 11.5 Å². The monoisotopic (exact) mass is 394 g/mol. The van der Waals surface area contributed by atoms with Gasteiger partial charge < -0.3 is 25.0 Å². The van der Waals surface area contributed by atoms with Gasteiger partial charge in [-0.3, -0.25) is 4.79 Å². The van der Waals surface area contributed by atoms with Crippen LogP contribution in [0.5, 0.6) is 11.5 Å². The smallest absolute Gasteiger partial charge is 0.231 e. The van der Waals surface area contributed by atoms with E-state index in [1.165, 1.54) is 0 Å². The van der Waals surface area contributed by atoms with E-state index in [0.717, 1.165) is 44.0 Å². The Balaban J connectivity index is 1.62. The molecular formula is C19H27ClN4O3. The Bertz CT molecular complexity index is 702. The molecule has 0 unspecified atom stereocenters. The average molecular weight is 395 g/mol. The molecule has 1 aromatic carbocycles. The number of fused-ring (bicyclic) bond motifs is 1. The zero-order valence-electron chi connectivity index (χ0n) is 15.9. The van der Waals surface area contributed by atoms with Gasteiger partial charge in [-0.05, 0) is 43.4 Å². The summed E-state index contributed by atoms with van der Waals surface area (Å²) in [6.07, 6.45) is 2.59. The minimum atomic E-state index is 0.119. The van der Waals surface area contributed by atoms with E-state index in [4.69, 9.17) is 26.1 Å². The number of rotatable bonds is 5. The lowest BCUT2D eigenvalue weighted by Gasteiger charge is -2.34. The third kappa shape index (κ3) is 4.97. The van der Waals surface area contributed by atoms with Gasteiger partial charge >= 0.3 is 0 Å². The van der Waals surface area contributed by atoms with Crippen LogP contribution in [0.4, 0.5) is 0 Å². The Morgan fingerprint density at radius 3 is 2.81 bits per heavy atom. The van der Waals surface area contributed by atoms with Gasteiger partial charge in [0, 0.05) is 33.1 Å². The van der Waals surface area contributed by atoms with Crippen molar-refractivity contribution in [1.82, 2.24) is 15.5 Å². The molecule has 2 heterocycles. The predicted octanol–water partition coefficient (Wildman–Crippen LogP) is 2.38. The van der Waals surface area contributed by atoms with Crippen LogP contribution >= 0.6 is 11.6 Å². The number of piperidine rings is 1. The molecule has 8 heteroatoms. The molecule has 1 aromatic rings. The Kier molecular flexibility index (Phi) is 6.66. The van der Waals surface area contributed by atoms with Crippen molar-refractivity contribution < 1.29 is 14.3 Å². The molecule has 0 bridgehead atoms. The molecule has 2 aliphatic heterocycles. The molecule has 7 nitrogen and oxygen atoms in total. The number of guanidine groups is 1. The van der Waals surface area contributed by atoms with Gasteiger partial charge in [-0.1, -0.05) is 11.6 Å². The maximum absolute atomic E-state index is 11.6.